The van der Waals surface area contributed by atoms with Gasteiger partial charge < -0.3 is 5.73 Å². The van der Waals surface area contributed by atoms with Crippen LogP contribution in [0.4, 0.5) is 0 Å². The van der Waals surface area contributed by atoms with Crippen molar-refractivity contribution in [3.05, 3.63) is 0 Å². The predicted octanol–water partition coefficient (Wildman–Crippen LogP) is 4.11. The largest absolute Gasteiger partial charge is 0.326 e. The third-order valence-electron chi connectivity index (χ3n) is 4.10. The van der Waals surface area contributed by atoms with Crippen LogP contribution >= 0.6 is 0 Å². The quantitative estimate of drug-likeness (QED) is 0.680. The predicted molar refractivity (Wildman–Crippen MR) is 67.9 cm³/mol. The molecule has 0 bridgehead atoms. The van der Waals surface area contributed by atoms with Crippen LogP contribution < -0.4 is 5.73 Å². The summed E-state index contributed by atoms with van der Waals surface area (Å²) in [4.78, 5) is 0. The fourth-order valence-corrected chi connectivity index (χ4v) is 2.91. The molecule has 90 valence electrons. The third kappa shape index (κ3) is 4.55. The molecule has 1 heteroatoms. The maximum Gasteiger partial charge on any atom is 0.00970 e. The Morgan fingerprint density at radius 3 is 2.40 bits per heavy atom. The van der Waals surface area contributed by atoms with E-state index in [-0.39, 0.29) is 5.54 Å². The van der Waals surface area contributed by atoms with Gasteiger partial charge in [0.2, 0.25) is 0 Å². The minimum atomic E-state index is 0.0329. The fourth-order valence-electron chi connectivity index (χ4n) is 2.91. The molecule has 1 nitrogen and oxygen atoms in total. The lowest BCUT2D eigenvalue weighted by molar-refractivity contribution is 0.238. The van der Waals surface area contributed by atoms with E-state index in [9.17, 15) is 0 Å². The van der Waals surface area contributed by atoms with Gasteiger partial charge in [0, 0.05) is 5.54 Å². The van der Waals surface area contributed by atoms with Gasteiger partial charge in [-0.3, -0.25) is 0 Å². The second-order valence-electron chi connectivity index (χ2n) is 6.81. The third-order valence-corrected chi connectivity index (χ3v) is 4.10. The zero-order valence-corrected chi connectivity index (χ0v) is 11.1. The molecular weight excluding hydrogens is 182 g/mol. The molecule has 0 saturated heterocycles. The highest BCUT2D eigenvalue weighted by Gasteiger charge is 2.33. The van der Waals surface area contributed by atoms with Crippen LogP contribution in [0.25, 0.3) is 0 Å². The Morgan fingerprint density at radius 2 is 1.93 bits per heavy atom. The zero-order chi connectivity index (χ0) is 11.5. The Morgan fingerprint density at radius 1 is 1.27 bits per heavy atom. The Balaban J connectivity index is 2.15. The Kier molecular flexibility index (Phi) is 4.22. The van der Waals surface area contributed by atoms with E-state index in [1.807, 2.05) is 0 Å². The van der Waals surface area contributed by atoms with Crippen LogP contribution in [-0.2, 0) is 0 Å². The van der Waals surface area contributed by atoms with E-state index < -0.39 is 0 Å². The Bertz CT molecular complexity index is 188. The van der Waals surface area contributed by atoms with Crippen LogP contribution in [0.3, 0.4) is 0 Å². The van der Waals surface area contributed by atoms with Gasteiger partial charge in [0.25, 0.3) is 0 Å². The van der Waals surface area contributed by atoms with Gasteiger partial charge in [-0.2, -0.15) is 0 Å². The van der Waals surface area contributed by atoms with Gasteiger partial charge in [-0.1, -0.05) is 33.1 Å². The molecule has 2 N–H and O–H groups in total. The van der Waals surface area contributed by atoms with Crippen molar-refractivity contribution in [2.75, 3.05) is 0 Å². The molecule has 0 radical (unpaired) electrons. The summed E-state index contributed by atoms with van der Waals surface area (Å²) >= 11 is 0. The van der Waals surface area contributed by atoms with E-state index in [1.165, 1.54) is 44.9 Å². The highest BCUT2D eigenvalue weighted by atomic mass is 14.7. The highest BCUT2D eigenvalue weighted by molar-refractivity contribution is 4.84. The number of nitrogens with two attached hydrogens (primary N) is 1. The molecular formula is C14H29N. The molecule has 1 rings (SSSR count). The number of hydrogen-bond acceptors (Lipinski definition) is 1. The molecule has 0 spiro atoms. The van der Waals surface area contributed by atoms with Crippen LogP contribution in [0, 0.1) is 11.3 Å². The van der Waals surface area contributed by atoms with Crippen LogP contribution in [0.1, 0.15) is 72.6 Å². The molecule has 1 unspecified atom stereocenters. The van der Waals surface area contributed by atoms with Crippen molar-refractivity contribution in [2.45, 2.75) is 78.2 Å². The Labute approximate surface area is 95.8 Å². The second-order valence-corrected chi connectivity index (χ2v) is 6.81. The van der Waals surface area contributed by atoms with Crippen molar-refractivity contribution in [2.24, 2.45) is 17.1 Å². The monoisotopic (exact) mass is 211 g/mol. The average Bonchev–Trinajstić information content (AvgIpc) is 2.37. The van der Waals surface area contributed by atoms with Crippen molar-refractivity contribution in [3.63, 3.8) is 0 Å². The molecule has 0 amide bonds. The lowest BCUT2D eigenvalue weighted by Gasteiger charge is -2.27. The fraction of sp³-hybridized carbons (Fsp3) is 1.00. The van der Waals surface area contributed by atoms with Crippen LogP contribution in [0.15, 0.2) is 0 Å². The van der Waals surface area contributed by atoms with E-state index in [0.29, 0.717) is 5.41 Å². The summed E-state index contributed by atoms with van der Waals surface area (Å²) in [5.74, 6) is 0.971. The summed E-state index contributed by atoms with van der Waals surface area (Å²) in [5, 5.41) is 0. The normalized spacial score (nSPS) is 25.8. The van der Waals surface area contributed by atoms with Gasteiger partial charge in [-0.25, -0.2) is 0 Å². The summed E-state index contributed by atoms with van der Waals surface area (Å²) < 4.78 is 0. The SMILES string of the molecule is CC(C)(N)CCCCC1CCCC1(C)C. The summed E-state index contributed by atoms with van der Waals surface area (Å²) in [6.07, 6.45) is 9.59. The number of unbranched alkanes of at least 4 members (excludes halogenated alkanes) is 1. The van der Waals surface area contributed by atoms with E-state index >= 15 is 0 Å². The van der Waals surface area contributed by atoms with Crippen LogP contribution in [-0.4, -0.2) is 5.54 Å². The van der Waals surface area contributed by atoms with Gasteiger partial charge in [0.15, 0.2) is 0 Å². The van der Waals surface area contributed by atoms with E-state index in [2.05, 4.69) is 27.7 Å². The minimum Gasteiger partial charge on any atom is -0.326 e. The maximum atomic E-state index is 5.98. The van der Waals surface area contributed by atoms with Crippen molar-refractivity contribution in [1.29, 1.82) is 0 Å². The first-order chi connectivity index (χ1) is 6.81. The van der Waals surface area contributed by atoms with E-state index in [0.717, 1.165) is 5.92 Å². The maximum absolute atomic E-state index is 5.98. The molecule has 0 aliphatic heterocycles. The summed E-state index contributed by atoms with van der Waals surface area (Å²) in [6, 6.07) is 0. The van der Waals surface area contributed by atoms with Crippen molar-refractivity contribution in [3.8, 4) is 0 Å². The molecule has 0 aromatic rings. The van der Waals surface area contributed by atoms with Crippen molar-refractivity contribution >= 4 is 0 Å². The number of rotatable bonds is 5. The number of hydrogen-bond donors (Lipinski definition) is 1. The van der Waals surface area contributed by atoms with E-state index in [4.69, 9.17) is 5.73 Å². The van der Waals surface area contributed by atoms with Crippen LogP contribution in [0.2, 0.25) is 0 Å². The lowest BCUT2D eigenvalue weighted by atomic mass is 9.79. The second kappa shape index (κ2) is 4.86. The first kappa shape index (κ1) is 13.0. The summed E-state index contributed by atoms with van der Waals surface area (Å²) in [6.45, 7) is 9.15. The van der Waals surface area contributed by atoms with E-state index in [1.54, 1.807) is 0 Å². The first-order valence-corrected chi connectivity index (χ1v) is 6.60. The average molecular weight is 211 g/mol. The Hall–Kier alpha value is -0.0400. The lowest BCUT2D eigenvalue weighted by Crippen LogP contribution is -2.31. The standard InChI is InChI=1S/C14H29N/c1-13(2)10-7-9-12(13)8-5-6-11-14(3,4)15/h12H,5-11,15H2,1-4H3. The van der Waals surface area contributed by atoms with Gasteiger partial charge in [0.05, 0.1) is 0 Å². The molecule has 0 aromatic carbocycles. The van der Waals surface area contributed by atoms with Crippen molar-refractivity contribution < 1.29 is 0 Å². The van der Waals surface area contributed by atoms with Gasteiger partial charge in [0.1, 0.15) is 0 Å². The van der Waals surface area contributed by atoms with Gasteiger partial charge >= 0.3 is 0 Å². The first-order valence-electron chi connectivity index (χ1n) is 6.60. The highest BCUT2D eigenvalue weighted by Crippen LogP contribution is 2.45. The molecule has 1 saturated carbocycles. The van der Waals surface area contributed by atoms with Crippen LogP contribution in [0.5, 0.6) is 0 Å². The smallest absolute Gasteiger partial charge is 0.00970 e. The zero-order valence-electron chi connectivity index (χ0n) is 11.1. The molecule has 1 aliphatic rings. The minimum absolute atomic E-state index is 0.0329. The molecule has 15 heavy (non-hydrogen) atoms. The van der Waals surface area contributed by atoms with Crippen molar-refractivity contribution in [1.82, 2.24) is 0 Å². The summed E-state index contributed by atoms with van der Waals surface area (Å²) in [5.41, 5.74) is 6.63. The molecule has 1 atom stereocenters. The van der Waals surface area contributed by atoms with Gasteiger partial charge in [-0.15, -0.1) is 0 Å². The van der Waals surface area contributed by atoms with Gasteiger partial charge in [-0.05, 0) is 50.9 Å². The molecule has 0 heterocycles. The topological polar surface area (TPSA) is 26.0 Å². The molecule has 1 fully saturated rings. The molecule has 1 aliphatic carbocycles. The summed E-state index contributed by atoms with van der Waals surface area (Å²) in [7, 11) is 0. The molecule has 0 aromatic heterocycles.